The van der Waals surface area contributed by atoms with Gasteiger partial charge in [-0.3, -0.25) is 0 Å². The number of hydrogen-bond acceptors (Lipinski definition) is 6. The Kier molecular flexibility index (Phi) is 6.50. The summed E-state index contributed by atoms with van der Waals surface area (Å²) in [7, 11) is -2.86. The van der Waals surface area contributed by atoms with E-state index in [4.69, 9.17) is 4.74 Å². The van der Waals surface area contributed by atoms with E-state index in [1.165, 1.54) is 24.3 Å². The Bertz CT molecular complexity index is 713. The quantitative estimate of drug-likeness (QED) is 0.452. The maximum atomic E-state index is 10.8. The smallest absolute Gasteiger partial charge is 0.744 e. The first-order valence-electron chi connectivity index (χ1n) is 5.61. The van der Waals surface area contributed by atoms with Crippen LogP contribution in [0.3, 0.4) is 0 Å². The molecule has 0 spiro atoms. The monoisotopic (exact) mass is 314 g/mol. The number of rotatable bonds is 4. The molecule has 0 saturated heterocycles. The first kappa shape index (κ1) is 17.8. The first-order valence-corrected chi connectivity index (χ1v) is 7.01. The first-order chi connectivity index (χ1) is 9.49. The minimum absolute atomic E-state index is 0. The van der Waals surface area contributed by atoms with Gasteiger partial charge in [0.1, 0.15) is 15.9 Å². The second-order valence-electron chi connectivity index (χ2n) is 3.85. The summed E-state index contributed by atoms with van der Waals surface area (Å²) in [5, 5.41) is 7.93. The van der Waals surface area contributed by atoms with Crippen molar-refractivity contribution in [3.8, 4) is 5.75 Å². The van der Waals surface area contributed by atoms with E-state index in [9.17, 15) is 13.0 Å². The third-order valence-corrected chi connectivity index (χ3v) is 3.33. The van der Waals surface area contributed by atoms with Crippen LogP contribution in [-0.4, -0.2) is 20.1 Å². The molecule has 0 fully saturated rings. The average Bonchev–Trinajstić information content (AvgIpc) is 2.45. The summed E-state index contributed by atoms with van der Waals surface area (Å²) in [5.41, 5.74) is 1.08. The molecule has 0 aliphatic heterocycles. The van der Waals surface area contributed by atoms with Gasteiger partial charge in [0.15, 0.2) is 0 Å². The van der Waals surface area contributed by atoms with Gasteiger partial charge in [-0.05, 0) is 48.5 Å². The molecule has 0 bridgehead atoms. The topological polar surface area (TPSA) is 91.2 Å². The van der Waals surface area contributed by atoms with E-state index in [0.29, 0.717) is 17.1 Å². The predicted molar refractivity (Wildman–Crippen MR) is 71.6 cm³/mol. The van der Waals surface area contributed by atoms with E-state index in [1.54, 1.807) is 31.4 Å². The van der Waals surface area contributed by atoms with Crippen LogP contribution in [0.25, 0.3) is 0 Å². The summed E-state index contributed by atoms with van der Waals surface area (Å²) in [6.07, 6.45) is 0. The minimum Gasteiger partial charge on any atom is -0.744 e. The van der Waals surface area contributed by atoms with Gasteiger partial charge in [-0.15, -0.1) is 0 Å². The van der Waals surface area contributed by atoms with Crippen LogP contribution < -0.4 is 34.3 Å². The van der Waals surface area contributed by atoms with Crippen molar-refractivity contribution in [3.63, 3.8) is 0 Å². The molecule has 0 aliphatic carbocycles. The number of ether oxygens (including phenoxy) is 1. The van der Waals surface area contributed by atoms with Gasteiger partial charge in [0.05, 0.1) is 23.4 Å². The Balaban J connectivity index is 0.00000220. The molecule has 2 aromatic rings. The van der Waals surface area contributed by atoms with Crippen molar-refractivity contribution in [2.75, 3.05) is 7.11 Å². The molecule has 0 heterocycles. The molecular formula is C13H11N2NaO4S. The average molecular weight is 314 g/mol. The Morgan fingerprint density at radius 1 is 0.905 bits per heavy atom. The van der Waals surface area contributed by atoms with Crippen molar-refractivity contribution in [2.45, 2.75) is 4.90 Å². The van der Waals surface area contributed by atoms with Crippen LogP contribution in [0.4, 0.5) is 11.4 Å². The fourth-order valence-corrected chi connectivity index (χ4v) is 1.91. The Morgan fingerprint density at radius 3 is 1.71 bits per heavy atom. The third-order valence-electron chi connectivity index (χ3n) is 2.48. The van der Waals surface area contributed by atoms with E-state index in [0.717, 1.165) is 0 Å². The number of hydrogen-bond donors (Lipinski definition) is 0. The maximum Gasteiger partial charge on any atom is 1.00 e. The molecule has 2 rings (SSSR count). The molecule has 6 nitrogen and oxygen atoms in total. The van der Waals surface area contributed by atoms with Gasteiger partial charge in [-0.25, -0.2) is 8.42 Å². The molecule has 21 heavy (non-hydrogen) atoms. The number of nitrogens with zero attached hydrogens (tertiary/aromatic N) is 2. The zero-order chi connectivity index (χ0) is 14.6. The molecule has 104 valence electrons. The van der Waals surface area contributed by atoms with Gasteiger partial charge in [0, 0.05) is 0 Å². The summed E-state index contributed by atoms with van der Waals surface area (Å²) < 4.78 is 37.3. The molecule has 2 aromatic carbocycles. The zero-order valence-electron chi connectivity index (χ0n) is 11.6. The third kappa shape index (κ3) is 5.22. The fraction of sp³-hybridized carbons (Fsp3) is 0.0769. The van der Waals surface area contributed by atoms with Crippen molar-refractivity contribution in [1.82, 2.24) is 0 Å². The molecule has 0 aromatic heterocycles. The normalized spacial score (nSPS) is 11.1. The van der Waals surface area contributed by atoms with Crippen LogP contribution >= 0.6 is 0 Å². The Hall–Kier alpha value is -1.25. The van der Waals surface area contributed by atoms with Crippen molar-refractivity contribution in [2.24, 2.45) is 10.2 Å². The molecule has 0 N–H and O–H groups in total. The molecule has 0 saturated carbocycles. The molecule has 0 atom stereocenters. The van der Waals surface area contributed by atoms with Gasteiger partial charge in [-0.2, -0.15) is 10.2 Å². The van der Waals surface area contributed by atoms with Crippen LogP contribution in [0.5, 0.6) is 5.75 Å². The van der Waals surface area contributed by atoms with Gasteiger partial charge < -0.3 is 9.29 Å². The van der Waals surface area contributed by atoms with Gasteiger partial charge in [0.2, 0.25) is 0 Å². The molecule has 0 amide bonds. The second kappa shape index (κ2) is 7.67. The van der Waals surface area contributed by atoms with Crippen LogP contribution in [-0.2, 0) is 10.1 Å². The summed E-state index contributed by atoms with van der Waals surface area (Å²) in [4.78, 5) is -0.291. The second-order valence-corrected chi connectivity index (χ2v) is 5.23. The number of methoxy groups -OCH3 is 1. The zero-order valence-corrected chi connectivity index (χ0v) is 14.4. The van der Waals surface area contributed by atoms with Crippen LogP contribution in [0, 0.1) is 0 Å². The number of azo groups is 1. The molecule has 0 aliphatic rings. The SMILES string of the molecule is COc1ccc(N=Nc2ccc(S(=O)(=O)[O-])cc2)cc1.[Na+]. The fourth-order valence-electron chi connectivity index (χ4n) is 1.44. The molecular weight excluding hydrogens is 303 g/mol. The largest absolute Gasteiger partial charge is 1.00 e. The van der Waals surface area contributed by atoms with Crippen molar-refractivity contribution in [3.05, 3.63) is 48.5 Å². The van der Waals surface area contributed by atoms with Gasteiger partial charge in [0.25, 0.3) is 0 Å². The van der Waals surface area contributed by atoms with Crippen LogP contribution in [0.15, 0.2) is 63.7 Å². The van der Waals surface area contributed by atoms with E-state index < -0.39 is 10.1 Å². The molecule has 0 unspecified atom stereocenters. The van der Waals surface area contributed by atoms with E-state index in [-0.39, 0.29) is 34.5 Å². The number of benzene rings is 2. The molecule has 0 radical (unpaired) electrons. The van der Waals surface area contributed by atoms with Crippen molar-refractivity contribution in [1.29, 1.82) is 0 Å². The van der Waals surface area contributed by atoms with Gasteiger partial charge >= 0.3 is 29.6 Å². The van der Waals surface area contributed by atoms with Crippen LogP contribution in [0.2, 0.25) is 0 Å². The molecule has 8 heteroatoms. The van der Waals surface area contributed by atoms with E-state index >= 15 is 0 Å². The standard InChI is InChI=1S/C13H12N2O4S.Na/c1-19-12-6-2-10(3-7-12)14-15-11-4-8-13(9-5-11)20(16,17)18;/h2-9H,1H3,(H,16,17,18);/q;+1/p-1. The predicted octanol–water partition coefficient (Wildman–Crippen LogP) is 0.0187. The summed E-state index contributed by atoms with van der Waals surface area (Å²) in [6, 6.07) is 12.2. The van der Waals surface area contributed by atoms with E-state index in [2.05, 4.69) is 10.2 Å². The maximum absolute atomic E-state index is 10.8. The summed E-state index contributed by atoms with van der Waals surface area (Å²) in [5.74, 6) is 0.717. The minimum atomic E-state index is -4.43. The van der Waals surface area contributed by atoms with Gasteiger partial charge in [-0.1, -0.05) is 0 Å². The summed E-state index contributed by atoms with van der Waals surface area (Å²) in [6.45, 7) is 0. The van der Waals surface area contributed by atoms with Crippen molar-refractivity contribution >= 4 is 21.5 Å². The van der Waals surface area contributed by atoms with Crippen LogP contribution in [0.1, 0.15) is 0 Å². The van der Waals surface area contributed by atoms with Crippen molar-refractivity contribution < 1.29 is 47.3 Å². The Morgan fingerprint density at radius 2 is 1.33 bits per heavy atom. The summed E-state index contributed by atoms with van der Waals surface area (Å²) >= 11 is 0. The van der Waals surface area contributed by atoms with E-state index in [1.807, 2.05) is 0 Å². The Labute approximate surface area is 144 Å².